The summed E-state index contributed by atoms with van der Waals surface area (Å²) in [6.45, 7) is 4.10. The molecule has 1 aliphatic carbocycles. The number of hydrogen-bond donors (Lipinski definition) is 1. The maximum atomic E-state index is 12.3. The second-order valence-electron chi connectivity index (χ2n) is 6.10. The predicted octanol–water partition coefficient (Wildman–Crippen LogP) is 1.32. The summed E-state index contributed by atoms with van der Waals surface area (Å²) >= 11 is 1.57. The largest absolute Gasteiger partial charge is 0.368 e. The first-order valence-electron chi connectivity index (χ1n) is 7.56. The Morgan fingerprint density at radius 2 is 2.50 bits per heavy atom. The van der Waals surface area contributed by atoms with Gasteiger partial charge >= 0.3 is 0 Å². The number of hydrogen-bond acceptors (Lipinski definition) is 6. The van der Waals surface area contributed by atoms with Gasteiger partial charge in [0.1, 0.15) is 16.7 Å². The third kappa shape index (κ3) is 3.46. The number of amides is 1. The van der Waals surface area contributed by atoms with Gasteiger partial charge in [0.05, 0.1) is 19.2 Å². The first-order chi connectivity index (χ1) is 10.6. The molecule has 1 saturated carbocycles. The Bertz CT molecular complexity index is 567. The predicted molar refractivity (Wildman–Crippen MR) is 82.1 cm³/mol. The van der Waals surface area contributed by atoms with Crippen LogP contribution in [0.25, 0.3) is 0 Å². The summed E-state index contributed by atoms with van der Waals surface area (Å²) in [6.07, 6.45) is 3.75. The van der Waals surface area contributed by atoms with Crippen molar-refractivity contribution >= 4 is 17.2 Å². The smallest absolute Gasteiger partial charge is 0.235 e. The Labute approximate surface area is 134 Å². The number of morpholine rings is 1. The molecule has 1 saturated heterocycles. The van der Waals surface area contributed by atoms with Crippen LogP contribution in [0.4, 0.5) is 0 Å². The van der Waals surface area contributed by atoms with E-state index in [1.807, 2.05) is 12.3 Å². The van der Waals surface area contributed by atoms with Crippen LogP contribution in [0.5, 0.6) is 0 Å². The molecule has 2 aliphatic rings. The van der Waals surface area contributed by atoms with Gasteiger partial charge in [-0.2, -0.15) is 5.26 Å². The van der Waals surface area contributed by atoms with E-state index in [9.17, 15) is 10.1 Å². The van der Waals surface area contributed by atoms with Crippen LogP contribution in [0.3, 0.4) is 0 Å². The topological polar surface area (TPSA) is 78.2 Å². The number of aromatic nitrogens is 1. The molecule has 2 heterocycles. The van der Waals surface area contributed by atoms with Crippen LogP contribution in [0.2, 0.25) is 0 Å². The van der Waals surface area contributed by atoms with Crippen molar-refractivity contribution in [3.05, 3.63) is 16.6 Å². The molecule has 1 amide bonds. The van der Waals surface area contributed by atoms with Crippen LogP contribution in [0, 0.1) is 17.2 Å². The highest BCUT2D eigenvalue weighted by Gasteiger charge is 2.43. The first kappa shape index (κ1) is 15.4. The van der Waals surface area contributed by atoms with Gasteiger partial charge in [0.2, 0.25) is 5.91 Å². The lowest BCUT2D eigenvalue weighted by Gasteiger charge is -2.32. The molecule has 3 rings (SSSR count). The molecule has 1 aromatic heterocycles. The van der Waals surface area contributed by atoms with Gasteiger partial charge in [-0.15, -0.1) is 11.3 Å². The van der Waals surface area contributed by atoms with E-state index >= 15 is 0 Å². The maximum absolute atomic E-state index is 12.3. The molecule has 22 heavy (non-hydrogen) atoms. The van der Waals surface area contributed by atoms with E-state index in [1.165, 1.54) is 0 Å². The molecule has 0 aromatic carbocycles. The number of carbonyl (C=O) groups excluding carboxylic acids is 1. The molecule has 118 valence electrons. The molecule has 0 bridgehead atoms. The van der Waals surface area contributed by atoms with Crippen LogP contribution >= 0.6 is 11.3 Å². The number of rotatable bonds is 5. The third-order valence-electron chi connectivity index (χ3n) is 4.27. The van der Waals surface area contributed by atoms with E-state index in [4.69, 9.17) is 4.74 Å². The summed E-state index contributed by atoms with van der Waals surface area (Å²) in [5.41, 5.74) is -0.724. The second-order valence-corrected chi connectivity index (χ2v) is 7.03. The third-order valence-corrected chi connectivity index (χ3v) is 5.14. The van der Waals surface area contributed by atoms with Crippen molar-refractivity contribution in [1.29, 1.82) is 5.26 Å². The van der Waals surface area contributed by atoms with Gasteiger partial charge in [-0.3, -0.25) is 9.69 Å². The summed E-state index contributed by atoms with van der Waals surface area (Å²) < 4.78 is 5.73. The lowest BCUT2D eigenvalue weighted by atomic mass is 9.98. The van der Waals surface area contributed by atoms with E-state index in [0.717, 1.165) is 24.4 Å². The average Bonchev–Trinajstić information content (AvgIpc) is 3.23. The van der Waals surface area contributed by atoms with Gasteiger partial charge in [0.25, 0.3) is 0 Å². The summed E-state index contributed by atoms with van der Waals surface area (Å²) in [7, 11) is 0. The van der Waals surface area contributed by atoms with Crippen LogP contribution in [0.1, 0.15) is 30.9 Å². The molecule has 0 radical (unpaired) electrons. The van der Waals surface area contributed by atoms with Gasteiger partial charge in [-0.1, -0.05) is 0 Å². The molecule has 0 spiro atoms. The molecular weight excluding hydrogens is 300 g/mol. The molecular formula is C15H20N4O2S. The number of carbonyl (C=O) groups is 1. The Morgan fingerprint density at radius 3 is 3.14 bits per heavy atom. The van der Waals surface area contributed by atoms with E-state index in [0.29, 0.717) is 25.6 Å². The zero-order valence-corrected chi connectivity index (χ0v) is 13.4. The zero-order chi connectivity index (χ0) is 15.6. The Kier molecular flexibility index (Phi) is 4.43. The lowest BCUT2D eigenvalue weighted by molar-refractivity contribution is -0.125. The van der Waals surface area contributed by atoms with Crippen molar-refractivity contribution in [2.75, 3.05) is 26.2 Å². The van der Waals surface area contributed by atoms with Gasteiger partial charge in [-0.05, 0) is 25.7 Å². The molecule has 2 atom stereocenters. The van der Waals surface area contributed by atoms with Gasteiger partial charge in [0.15, 0.2) is 0 Å². The number of thiazole rings is 1. The molecule has 1 N–H and O–H groups in total. The maximum Gasteiger partial charge on any atom is 0.235 e. The minimum atomic E-state index is -0.724. The number of nitriles is 1. The summed E-state index contributed by atoms with van der Waals surface area (Å²) in [5.74, 6) is 0.213. The highest BCUT2D eigenvalue weighted by atomic mass is 32.1. The highest BCUT2D eigenvalue weighted by molar-refractivity contribution is 7.09. The number of nitrogens with one attached hydrogen (secondary N) is 1. The fourth-order valence-corrected chi connectivity index (χ4v) is 3.48. The van der Waals surface area contributed by atoms with Crippen molar-refractivity contribution in [2.24, 2.45) is 5.92 Å². The minimum Gasteiger partial charge on any atom is -0.368 e. The Hall–Kier alpha value is -1.49. The van der Waals surface area contributed by atoms with Crippen molar-refractivity contribution in [1.82, 2.24) is 15.2 Å². The first-order valence-corrected chi connectivity index (χ1v) is 8.44. The van der Waals surface area contributed by atoms with Gasteiger partial charge in [0, 0.05) is 24.7 Å². The van der Waals surface area contributed by atoms with Crippen molar-refractivity contribution < 1.29 is 9.53 Å². The van der Waals surface area contributed by atoms with E-state index in [1.54, 1.807) is 17.5 Å². The molecule has 1 aromatic rings. The normalized spacial score (nSPS) is 25.2. The van der Waals surface area contributed by atoms with Crippen molar-refractivity contribution in [2.45, 2.75) is 31.4 Å². The van der Waals surface area contributed by atoms with E-state index in [-0.39, 0.29) is 12.0 Å². The van der Waals surface area contributed by atoms with Crippen LogP contribution in [-0.2, 0) is 9.53 Å². The Morgan fingerprint density at radius 1 is 1.68 bits per heavy atom. The quantitative estimate of drug-likeness (QED) is 0.885. The van der Waals surface area contributed by atoms with Gasteiger partial charge < -0.3 is 10.1 Å². The summed E-state index contributed by atoms with van der Waals surface area (Å²) in [5, 5.41) is 15.1. The molecule has 1 aliphatic heterocycles. The molecule has 2 fully saturated rings. The fraction of sp³-hybridized carbons (Fsp3) is 0.667. The molecule has 7 heteroatoms. The van der Waals surface area contributed by atoms with Crippen LogP contribution in [-0.4, -0.2) is 47.6 Å². The van der Waals surface area contributed by atoms with Gasteiger partial charge in [-0.25, -0.2) is 4.98 Å². The second kappa shape index (κ2) is 6.32. The monoisotopic (exact) mass is 320 g/mol. The summed E-state index contributed by atoms with van der Waals surface area (Å²) in [4.78, 5) is 18.6. The van der Waals surface area contributed by atoms with Crippen molar-refractivity contribution in [3.63, 3.8) is 0 Å². The van der Waals surface area contributed by atoms with Crippen LogP contribution in [0.15, 0.2) is 11.6 Å². The SMILES string of the molecule is C[C@](C#N)(NC(=O)CN1CCO[C@@H](c2nccs2)C1)C1CC1. The standard InChI is InChI=1S/C15H20N4O2S/c1-15(10-16,11-2-3-11)18-13(20)9-19-5-6-21-12(8-19)14-17-4-7-22-14/h4,7,11-12H,2-3,5-6,8-9H2,1H3,(H,18,20)/t12-,15-/m1/s1. The Balaban J connectivity index is 1.54. The minimum absolute atomic E-state index is 0.0627. The van der Waals surface area contributed by atoms with E-state index < -0.39 is 5.54 Å². The number of nitrogens with zero attached hydrogens (tertiary/aromatic N) is 3. The molecule has 6 nitrogen and oxygen atoms in total. The highest BCUT2D eigenvalue weighted by Crippen LogP contribution is 2.39. The van der Waals surface area contributed by atoms with E-state index in [2.05, 4.69) is 21.3 Å². The fourth-order valence-electron chi connectivity index (χ4n) is 2.80. The lowest BCUT2D eigenvalue weighted by Crippen LogP contribution is -2.51. The van der Waals surface area contributed by atoms with Crippen molar-refractivity contribution in [3.8, 4) is 6.07 Å². The van der Waals surface area contributed by atoms with Crippen LogP contribution < -0.4 is 5.32 Å². The number of ether oxygens (including phenoxy) is 1. The average molecular weight is 320 g/mol. The summed E-state index contributed by atoms with van der Waals surface area (Å²) in [6, 6.07) is 2.26. The molecule has 0 unspecified atom stereocenters. The zero-order valence-electron chi connectivity index (χ0n) is 12.6.